The van der Waals surface area contributed by atoms with Crippen LogP contribution >= 0.6 is 0 Å². The molecule has 0 aliphatic carbocycles. The Bertz CT molecular complexity index is 839. The fourth-order valence-electron chi connectivity index (χ4n) is 3.84. The molecule has 2 fully saturated rings. The van der Waals surface area contributed by atoms with Crippen LogP contribution in [-0.2, 0) is 19.6 Å². The smallest absolute Gasteiger partial charge is 0.243 e. The molecule has 0 saturated carbocycles. The molecule has 1 aromatic carbocycles. The number of nitrogens with one attached hydrogen (secondary N) is 1. The minimum atomic E-state index is -3.54. The van der Waals surface area contributed by atoms with E-state index in [1.807, 2.05) is 6.92 Å². The van der Waals surface area contributed by atoms with Crippen LogP contribution in [0.15, 0.2) is 23.1 Å². The molecule has 0 spiro atoms. The van der Waals surface area contributed by atoms with Crippen molar-refractivity contribution in [3.8, 4) is 0 Å². The average molecular weight is 408 g/mol. The molecule has 0 atom stereocenters. The number of likely N-dealkylation sites (tertiary alicyclic amines) is 1. The monoisotopic (exact) mass is 407 g/mol. The summed E-state index contributed by atoms with van der Waals surface area (Å²) in [5, 5.41) is 2.91. The van der Waals surface area contributed by atoms with E-state index in [4.69, 9.17) is 0 Å². The summed E-state index contributed by atoms with van der Waals surface area (Å²) in [5.41, 5.74) is 1.36. The molecular weight excluding hydrogens is 378 g/mol. The number of benzene rings is 1. The highest BCUT2D eigenvalue weighted by molar-refractivity contribution is 7.89. The summed E-state index contributed by atoms with van der Waals surface area (Å²) in [4.78, 5) is 26.1. The van der Waals surface area contributed by atoms with Crippen LogP contribution in [0.3, 0.4) is 0 Å². The third-order valence-electron chi connectivity index (χ3n) is 5.73. The molecule has 0 radical (unpaired) electrons. The number of amides is 2. The van der Waals surface area contributed by atoms with Gasteiger partial charge in [0.25, 0.3) is 0 Å². The Morgan fingerprint density at radius 3 is 2.29 bits per heavy atom. The number of sulfonamides is 1. The highest BCUT2D eigenvalue weighted by atomic mass is 32.2. The van der Waals surface area contributed by atoms with Crippen LogP contribution in [0.25, 0.3) is 0 Å². The Balaban J connectivity index is 1.71. The van der Waals surface area contributed by atoms with E-state index in [2.05, 4.69) is 5.32 Å². The quantitative estimate of drug-likeness (QED) is 0.830. The molecule has 8 heteroatoms. The lowest BCUT2D eigenvalue weighted by molar-refractivity contribution is -0.132. The predicted octanol–water partition coefficient (Wildman–Crippen LogP) is 2.37. The van der Waals surface area contributed by atoms with E-state index < -0.39 is 10.0 Å². The van der Waals surface area contributed by atoms with E-state index in [0.29, 0.717) is 44.7 Å². The fraction of sp³-hybridized carbons (Fsp3) is 0.600. The van der Waals surface area contributed by atoms with Gasteiger partial charge in [-0.25, -0.2) is 8.42 Å². The first-order chi connectivity index (χ1) is 13.3. The van der Waals surface area contributed by atoms with Gasteiger partial charge in [0, 0.05) is 44.7 Å². The van der Waals surface area contributed by atoms with Crippen LogP contribution < -0.4 is 5.32 Å². The number of aryl methyl sites for hydroxylation is 1. The molecule has 2 saturated heterocycles. The van der Waals surface area contributed by atoms with Crippen LogP contribution in [0.2, 0.25) is 0 Å². The third kappa shape index (κ3) is 4.55. The Hall–Kier alpha value is -1.93. The van der Waals surface area contributed by atoms with Crippen LogP contribution in [0, 0.1) is 12.8 Å². The molecule has 1 N–H and O–H groups in total. The second-order valence-electron chi connectivity index (χ2n) is 7.71. The zero-order valence-electron chi connectivity index (χ0n) is 16.6. The molecule has 154 valence electrons. The van der Waals surface area contributed by atoms with E-state index in [-0.39, 0.29) is 22.6 Å². The molecule has 3 rings (SSSR count). The van der Waals surface area contributed by atoms with Crippen LogP contribution in [-0.4, -0.2) is 55.6 Å². The van der Waals surface area contributed by atoms with Gasteiger partial charge in [0.1, 0.15) is 0 Å². The van der Waals surface area contributed by atoms with Crippen molar-refractivity contribution in [3.63, 3.8) is 0 Å². The van der Waals surface area contributed by atoms with E-state index in [1.165, 1.54) is 11.2 Å². The van der Waals surface area contributed by atoms with Crippen molar-refractivity contribution in [1.29, 1.82) is 0 Å². The molecule has 2 amide bonds. The Morgan fingerprint density at radius 2 is 1.68 bits per heavy atom. The molecule has 0 bridgehead atoms. The maximum absolute atomic E-state index is 12.9. The zero-order valence-corrected chi connectivity index (χ0v) is 17.4. The Morgan fingerprint density at radius 1 is 1.04 bits per heavy atom. The maximum atomic E-state index is 12.9. The van der Waals surface area contributed by atoms with E-state index in [0.717, 1.165) is 24.8 Å². The summed E-state index contributed by atoms with van der Waals surface area (Å²) in [6.07, 6.45) is 4.07. The molecule has 2 heterocycles. The van der Waals surface area contributed by atoms with Crippen molar-refractivity contribution in [1.82, 2.24) is 9.21 Å². The summed E-state index contributed by atoms with van der Waals surface area (Å²) >= 11 is 0. The van der Waals surface area contributed by atoms with Gasteiger partial charge in [0.05, 0.1) is 4.90 Å². The third-order valence-corrected chi connectivity index (χ3v) is 7.63. The molecule has 0 aromatic heterocycles. The lowest BCUT2D eigenvalue weighted by Gasteiger charge is -2.30. The number of nitrogens with zero attached hydrogens (tertiary/aromatic N) is 2. The van der Waals surface area contributed by atoms with Crippen molar-refractivity contribution >= 4 is 27.5 Å². The van der Waals surface area contributed by atoms with E-state index in [9.17, 15) is 18.0 Å². The number of anilines is 1. The topological polar surface area (TPSA) is 86.8 Å². The second kappa shape index (κ2) is 8.61. The van der Waals surface area contributed by atoms with Gasteiger partial charge in [0.2, 0.25) is 21.8 Å². The van der Waals surface area contributed by atoms with Gasteiger partial charge in [-0.2, -0.15) is 4.31 Å². The van der Waals surface area contributed by atoms with Gasteiger partial charge < -0.3 is 10.2 Å². The molecular formula is C20H29N3O4S. The predicted molar refractivity (Wildman–Crippen MR) is 107 cm³/mol. The molecule has 7 nitrogen and oxygen atoms in total. The normalized spacial score (nSPS) is 19.4. The van der Waals surface area contributed by atoms with Crippen LogP contribution in [0.1, 0.15) is 44.6 Å². The van der Waals surface area contributed by atoms with Crippen molar-refractivity contribution in [2.24, 2.45) is 5.92 Å². The van der Waals surface area contributed by atoms with Gasteiger partial charge in [-0.15, -0.1) is 0 Å². The van der Waals surface area contributed by atoms with E-state index >= 15 is 0 Å². The number of carbonyl (C=O) groups is 2. The van der Waals surface area contributed by atoms with Gasteiger partial charge in [-0.3, -0.25) is 9.59 Å². The van der Waals surface area contributed by atoms with Crippen molar-refractivity contribution in [3.05, 3.63) is 23.8 Å². The van der Waals surface area contributed by atoms with Crippen LogP contribution in [0.4, 0.5) is 5.69 Å². The molecule has 0 unspecified atom stereocenters. The number of rotatable bonds is 4. The van der Waals surface area contributed by atoms with Gasteiger partial charge >= 0.3 is 0 Å². The fourth-order valence-corrected chi connectivity index (χ4v) is 5.39. The number of carbonyl (C=O) groups excluding carboxylic acids is 2. The summed E-state index contributed by atoms with van der Waals surface area (Å²) in [6, 6.07) is 4.92. The van der Waals surface area contributed by atoms with Crippen molar-refractivity contribution < 1.29 is 18.0 Å². The SMILES string of the molecule is CC(=O)N1CCC(C(=O)Nc2cc(S(=O)(=O)N3CCCCC3)ccc2C)CC1. The Labute approximate surface area is 167 Å². The first kappa shape index (κ1) is 20.8. The van der Waals surface area contributed by atoms with Crippen LogP contribution in [0.5, 0.6) is 0 Å². The largest absolute Gasteiger partial charge is 0.343 e. The first-order valence-electron chi connectivity index (χ1n) is 9.96. The minimum Gasteiger partial charge on any atom is -0.343 e. The lowest BCUT2D eigenvalue weighted by Crippen LogP contribution is -2.40. The van der Waals surface area contributed by atoms with E-state index in [1.54, 1.807) is 23.1 Å². The van der Waals surface area contributed by atoms with Gasteiger partial charge in [-0.05, 0) is 50.3 Å². The van der Waals surface area contributed by atoms with Crippen molar-refractivity contribution in [2.45, 2.75) is 50.8 Å². The molecule has 2 aliphatic rings. The summed E-state index contributed by atoms with van der Waals surface area (Å²) in [6.45, 7) is 5.65. The van der Waals surface area contributed by atoms with Crippen molar-refractivity contribution in [2.75, 3.05) is 31.5 Å². The highest BCUT2D eigenvalue weighted by Gasteiger charge is 2.28. The Kier molecular flexibility index (Phi) is 6.40. The lowest BCUT2D eigenvalue weighted by atomic mass is 9.95. The number of hydrogen-bond acceptors (Lipinski definition) is 4. The average Bonchev–Trinajstić information content (AvgIpc) is 2.70. The van der Waals surface area contributed by atoms with Gasteiger partial charge in [0.15, 0.2) is 0 Å². The summed E-state index contributed by atoms with van der Waals surface area (Å²) < 4.78 is 27.4. The summed E-state index contributed by atoms with van der Waals surface area (Å²) in [5.74, 6) is -0.249. The standard InChI is InChI=1S/C20H29N3O4S/c1-15-6-7-18(28(26,27)23-10-4-3-5-11-23)14-19(15)21-20(25)17-8-12-22(13-9-17)16(2)24/h6-7,14,17H,3-5,8-13H2,1-2H3,(H,21,25). The molecule has 2 aliphatic heterocycles. The second-order valence-corrected chi connectivity index (χ2v) is 9.65. The minimum absolute atomic E-state index is 0.0327. The summed E-state index contributed by atoms with van der Waals surface area (Å²) in [7, 11) is -3.54. The number of piperidine rings is 2. The molecule has 28 heavy (non-hydrogen) atoms. The van der Waals surface area contributed by atoms with Gasteiger partial charge in [-0.1, -0.05) is 12.5 Å². The maximum Gasteiger partial charge on any atom is 0.243 e. The first-order valence-corrected chi connectivity index (χ1v) is 11.4. The highest BCUT2D eigenvalue weighted by Crippen LogP contribution is 2.26. The zero-order chi connectivity index (χ0) is 20.3. The number of hydrogen-bond donors (Lipinski definition) is 1. The molecule has 1 aromatic rings.